The lowest BCUT2D eigenvalue weighted by molar-refractivity contribution is 0.630. The maximum atomic E-state index is 13.9. The average Bonchev–Trinajstić information content (AvgIpc) is 3.25. The number of aromatic nitrogens is 1. The lowest BCUT2D eigenvalue weighted by atomic mass is 9.91. The minimum absolute atomic E-state index is 0.193. The number of benzene rings is 1. The van der Waals surface area contributed by atoms with E-state index in [1.54, 1.807) is 18.3 Å². The highest BCUT2D eigenvalue weighted by molar-refractivity contribution is 6.31. The van der Waals surface area contributed by atoms with Crippen LogP contribution >= 0.6 is 23.2 Å². The number of nitrogens with one attached hydrogen (secondary N) is 1. The molecule has 0 bridgehead atoms. The predicted octanol–water partition coefficient (Wildman–Crippen LogP) is 12.8. The van der Waals surface area contributed by atoms with E-state index in [2.05, 4.69) is 69.1 Å². The summed E-state index contributed by atoms with van der Waals surface area (Å²) in [5.41, 5.74) is 6.88. The standard InChI is InChI=1S/C22H29ClFN.C9H14ClN.C4H8/c1-5-8-11-16(10-7-3)15(4)22-17(12-9-6-2)18-13-19(23)20(24)14-21(18)25-22;1-4-6-8(3)11-7-9(10)5-2;1-4(2)3/h7,10-11,13-15,25H,5-6,8-9,12H2,1-4H3;5,7H,2,4,6H2,1,3H3;1H2,2-3H3/b10-7-,16-11+;9-7+,11-8?;. The third kappa shape index (κ3) is 14.3. The highest BCUT2D eigenvalue weighted by Crippen LogP contribution is 2.35. The molecule has 0 saturated carbocycles. The number of fused-ring (bicyclic) bond motifs is 1. The number of nitrogens with zero attached hydrogens (tertiary/aromatic N) is 1. The van der Waals surface area contributed by atoms with Crippen LogP contribution in [0.4, 0.5) is 4.39 Å². The number of hydrogen-bond acceptors (Lipinski definition) is 1. The lowest BCUT2D eigenvalue weighted by Gasteiger charge is -2.15. The van der Waals surface area contributed by atoms with Crippen LogP contribution in [0.15, 0.2) is 77.0 Å². The number of allylic oxidation sites excluding steroid dienone is 7. The molecule has 0 amide bonds. The minimum atomic E-state index is -0.369. The molecule has 40 heavy (non-hydrogen) atoms. The van der Waals surface area contributed by atoms with E-state index in [1.807, 2.05) is 27.7 Å². The number of hydrogen-bond donors (Lipinski definition) is 1. The first kappa shape index (κ1) is 37.6. The van der Waals surface area contributed by atoms with Crippen LogP contribution in [-0.2, 0) is 6.42 Å². The Balaban J connectivity index is 0.000000843. The molecule has 2 nitrogen and oxygen atoms in total. The summed E-state index contributed by atoms with van der Waals surface area (Å²) in [7, 11) is 0. The molecule has 0 saturated heterocycles. The van der Waals surface area contributed by atoms with Gasteiger partial charge in [0.2, 0.25) is 0 Å². The van der Waals surface area contributed by atoms with Gasteiger partial charge in [-0.3, -0.25) is 4.99 Å². The fourth-order valence-corrected chi connectivity index (χ4v) is 4.18. The zero-order valence-electron chi connectivity index (χ0n) is 26.1. The first-order valence-corrected chi connectivity index (χ1v) is 15.2. The molecule has 1 aromatic carbocycles. The second-order valence-corrected chi connectivity index (χ2v) is 11.0. The molecule has 1 unspecified atom stereocenters. The van der Waals surface area contributed by atoms with Crippen molar-refractivity contribution in [3.63, 3.8) is 0 Å². The van der Waals surface area contributed by atoms with Gasteiger partial charge in [0.25, 0.3) is 0 Å². The normalized spacial score (nSPS) is 13.0. The van der Waals surface area contributed by atoms with Crippen LogP contribution in [0.3, 0.4) is 0 Å². The summed E-state index contributed by atoms with van der Waals surface area (Å²) in [6.07, 6.45) is 17.3. The first-order valence-electron chi connectivity index (χ1n) is 14.4. The highest BCUT2D eigenvalue weighted by atomic mass is 35.5. The molecule has 1 heterocycles. The molecular formula is C35H51Cl2FN2. The number of unbranched alkanes of at least 4 members (excludes halogenated alkanes) is 2. The zero-order chi connectivity index (χ0) is 30.7. The minimum Gasteiger partial charge on any atom is -0.358 e. The lowest BCUT2D eigenvalue weighted by Crippen LogP contribution is -2.01. The fourth-order valence-electron chi connectivity index (χ4n) is 3.97. The van der Waals surface area contributed by atoms with Crippen molar-refractivity contribution in [2.75, 3.05) is 0 Å². The van der Waals surface area contributed by atoms with Crippen LogP contribution in [0.5, 0.6) is 0 Å². The van der Waals surface area contributed by atoms with Crippen molar-refractivity contribution in [3.05, 3.63) is 94.1 Å². The Morgan fingerprint density at radius 2 is 1.77 bits per heavy atom. The smallest absolute Gasteiger partial charge is 0.143 e. The summed E-state index contributed by atoms with van der Waals surface area (Å²) in [5.74, 6) is -0.129. The van der Waals surface area contributed by atoms with Crippen LogP contribution in [0.25, 0.3) is 10.9 Å². The molecule has 0 spiro atoms. The Hall–Kier alpha value is -2.36. The Kier molecular flexibility index (Phi) is 20.1. The summed E-state index contributed by atoms with van der Waals surface area (Å²) >= 11 is 11.7. The van der Waals surface area contributed by atoms with Crippen molar-refractivity contribution < 1.29 is 4.39 Å². The van der Waals surface area contributed by atoms with E-state index >= 15 is 0 Å². The Labute approximate surface area is 253 Å². The third-order valence-corrected chi connectivity index (χ3v) is 6.48. The van der Waals surface area contributed by atoms with Gasteiger partial charge in [-0.25, -0.2) is 4.39 Å². The van der Waals surface area contributed by atoms with Crippen molar-refractivity contribution in [2.45, 2.75) is 106 Å². The number of rotatable bonds is 12. The maximum absolute atomic E-state index is 13.9. The van der Waals surface area contributed by atoms with Gasteiger partial charge >= 0.3 is 0 Å². The molecule has 0 radical (unpaired) electrons. The van der Waals surface area contributed by atoms with E-state index in [-0.39, 0.29) is 16.8 Å². The summed E-state index contributed by atoms with van der Waals surface area (Å²) in [4.78, 5) is 7.62. The van der Waals surface area contributed by atoms with E-state index in [1.165, 1.54) is 28.5 Å². The summed E-state index contributed by atoms with van der Waals surface area (Å²) in [6, 6.07) is 3.30. The second-order valence-electron chi connectivity index (χ2n) is 10.2. The molecule has 0 aliphatic rings. The van der Waals surface area contributed by atoms with Crippen molar-refractivity contribution in [3.8, 4) is 0 Å². The summed E-state index contributed by atoms with van der Waals surface area (Å²) in [5, 5.41) is 1.83. The molecule has 2 rings (SSSR count). The van der Waals surface area contributed by atoms with Crippen LogP contribution in [-0.4, -0.2) is 10.7 Å². The average molecular weight is 590 g/mol. The van der Waals surface area contributed by atoms with Crippen LogP contribution < -0.4 is 0 Å². The van der Waals surface area contributed by atoms with Crippen LogP contribution in [0.2, 0.25) is 5.02 Å². The number of halogens is 3. The van der Waals surface area contributed by atoms with Crippen molar-refractivity contribution in [1.29, 1.82) is 0 Å². The Bertz CT molecular complexity index is 1180. The zero-order valence-corrected chi connectivity index (χ0v) is 27.6. The molecule has 1 atom stereocenters. The van der Waals surface area contributed by atoms with Gasteiger partial charge in [0.1, 0.15) is 5.82 Å². The summed E-state index contributed by atoms with van der Waals surface area (Å²) < 4.78 is 13.9. The van der Waals surface area contributed by atoms with Crippen molar-refractivity contribution >= 4 is 39.8 Å². The number of aromatic amines is 1. The monoisotopic (exact) mass is 588 g/mol. The van der Waals surface area contributed by atoms with E-state index in [0.717, 1.165) is 61.6 Å². The molecule has 5 heteroatoms. The quantitative estimate of drug-likeness (QED) is 0.145. The van der Waals surface area contributed by atoms with Gasteiger partial charge in [-0.05, 0) is 82.7 Å². The highest BCUT2D eigenvalue weighted by Gasteiger charge is 2.19. The van der Waals surface area contributed by atoms with Gasteiger partial charge in [0.15, 0.2) is 0 Å². The van der Waals surface area contributed by atoms with Gasteiger partial charge in [-0.2, -0.15) is 0 Å². The maximum Gasteiger partial charge on any atom is 0.143 e. The molecule has 0 fully saturated rings. The van der Waals surface area contributed by atoms with Crippen molar-refractivity contribution in [1.82, 2.24) is 4.98 Å². The number of aliphatic imine (C=N–C) groups is 1. The van der Waals surface area contributed by atoms with Crippen molar-refractivity contribution in [2.24, 2.45) is 4.99 Å². The largest absolute Gasteiger partial charge is 0.358 e. The third-order valence-electron chi connectivity index (χ3n) is 5.94. The molecule has 1 N–H and O–H groups in total. The first-order chi connectivity index (χ1) is 19.0. The molecular weight excluding hydrogens is 538 g/mol. The van der Waals surface area contributed by atoms with Gasteiger partial charge in [0, 0.05) is 34.4 Å². The van der Waals surface area contributed by atoms with E-state index in [9.17, 15) is 4.39 Å². The van der Waals surface area contributed by atoms with Gasteiger partial charge in [-0.1, -0.05) is 101 Å². The van der Waals surface area contributed by atoms with Crippen LogP contribution in [0, 0.1) is 5.82 Å². The van der Waals surface area contributed by atoms with Gasteiger partial charge in [-0.15, -0.1) is 6.58 Å². The molecule has 222 valence electrons. The van der Waals surface area contributed by atoms with Gasteiger partial charge < -0.3 is 4.98 Å². The number of H-pyrrole nitrogens is 1. The van der Waals surface area contributed by atoms with Gasteiger partial charge in [0.05, 0.1) is 10.1 Å². The van der Waals surface area contributed by atoms with Crippen LogP contribution in [0.1, 0.15) is 111 Å². The molecule has 2 aromatic rings. The van der Waals surface area contributed by atoms with E-state index < -0.39 is 0 Å². The number of aryl methyl sites for hydroxylation is 1. The second kappa shape index (κ2) is 21.4. The summed E-state index contributed by atoms with van der Waals surface area (Å²) in [6.45, 7) is 23.8. The van der Waals surface area contributed by atoms with E-state index in [4.69, 9.17) is 23.2 Å². The SMILES string of the molecule is C/C=C\C(=C/CCC)C(C)c1[nH]c2cc(F)c(Cl)cc2c1CCCC.C=C(C)C.C=C/C(Cl)=C\N=C(C)CCC. The van der Waals surface area contributed by atoms with E-state index in [0.29, 0.717) is 5.03 Å². The molecule has 0 aliphatic heterocycles. The topological polar surface area (TPSA) is 28.1 Å². The Morgan fingerprint density at radius 3 is 2.30 bits per heavy atom. The molecule has 0 aliphatic carbocycles. The Morgan fingerprint density at radius 1 is 1.12 bits per heavy atom. The molecule has 1 aromatic heterocycles. The fraction of sp³-hybridized carbons (Fsp3) is 0.457. The predicted molar refractivity (Wildman–Crippen MR) is 181 cm³/mol.